The lowest BCUT2D eigenvalue weighted by Crippen LogP contribution is -2.28. The molecular weight excluding hydrogens is 412 g/mol. The van der Waals surface area contributed by atoms with Crippen LogP contribution in [0.5, 0.6) is 0 Å². The lowest BCUT2D eigenvalue weighted by Gasteiger charge is -2.11. The molecular formula is C20H19ClN4O3S. The highest BCUT2D eigenvalue weighted by molar-refractivity contribution is 7.80. The van der Waals surface area contributed by atoms with Crippen LogP contribution in [-0.4, -0.2) is 27.8 Å². The first-order chi connectivity index (χ1) is 14.0. The van der Waals surface area contributed by atoms with E-state index in [2.05, 4.69) is 20.8 Å². The van der Waals surface area contributed by atoms with Crippen molar-refractivity contribution in [1.29, 1.82) is 0 Å². The van der Waals surface area contributed by atoms with Gasteiger partial charge in [0.05, 0.1) is 23.7 Å². The van der Waals surface area contributed by atoms with Crippen LogP contribution in [0.15, 0.2) is 47.0 Å². The third-order valence-electron chi connectivity index (χ3n) is 3.97. The summed E-state index contributed by atoms with van der Waals surface area (Å²) in [7, 11) is 0. The van der Waals surface area contributed by atoms with Crippen LogP contribution in [0.25, 0.3) is 11.4 Å². The SMILES string of the molecule is CCOC(=O)c1cc(NC(=S)NCc2nc(-c3ccccc3C)no2)ccc1Cl. The van der Waals surface area contributed by atoms with E-state index >= 15 is 0 Å². The number of esters is 1. The van der Waals surface area contributed by atoms with Crippen LogP contribution in [0.4, 0.5) is 5.69 Å². The minimum absolute atomic E-state index is 0.253. The summed E-state index contributed by atoms with van der Waals surface area (Å²) in [6, 6.07) is 12.7. The van der Waals surface area contributed by atoms with Crippen LogP contribution in [-0.2, 0) is 11.3 Å². The molecule has 0 radical (unpaired) electrons. The summed E-state index contributed by atoms with van der Waals surface area (Å²) in [5.41, 5.74) is 2.84. The highest BCUT2D eigenvalue weighted by Crippen LogP contribution is 2.22. The number of rotatable bonds is 6. The van der Waals surface area contributed by atoms with Crippen molar-refractivity contribution in [3.63, 3.8) is 0 Å². The lowest BCUT2D eigenvalue weighted by atomic mass is 10.1. The van der Waals surface area contributed by atoms with Gasteiger partial charge in [0.1, 0.15) is 0 Å². The van der Waals surface area contributed by atoms with Gasteiger partial charge >= 0.3 is 5.97 Å². The predicted octanol–water partition coefficient (Wildman–Crippen LogP) is 4.36. The summed E-state index contributed by atoms with van der Waals surface area (Å²) < 4.78 is 10.3. The fourth-order valence-corrected chi connectivity index (χ4v) is 2.94. The molecule has 0 aliphatic rings. The molecule has 1 heterocycles. The largest absolute Gasteiger partial charge is 0.462 e. The van der Waals surface area contributed by atoms with Gasteiger partial charge in [-0.1, -0.05) is 41.0 Å². The molecule has 0 bridgehead atoms. The van der Waals surface area contributed by atoms with Crippen LogP contribution in [0.3, 0.4) is 0 Å². The Hall–Kier alpha value is -2.97. The monoisotopic (exact) mass is 430 g/mol. The standard InChI is InChI=1S/C20H19ClN4O3S/c1-3-27-19(26)15-10-13(8-9-16(15)21)23-20(29)22-11-17-24-18(25-28-17)14-7-5-4-6-12(14)2/h4-10H,3,11H2,1-2H3,(H2,22,23,29). The quantitative estimate of drug-likeness (QED) is 0.440. The number of hydrogen-bond acceptors (Lipinski definition) is 6. The fraction of sp³-hybridized carbons (Fsp3) is 0.200. The molecule has 1 aromatic heterocycles. The van der Waals surface area contributed by atoms with Crippen LogP contribution < -0.4 is 10.6 Å². The molecule has 2 aromatic carbocycles. The minimum Gasteiger partial charge on any atom is -0.462 e. The number of carbonyl (C=O) groups is 1. The fourth-order valence-electron chi connectivity index (χ4n) is 2.56. The van der Waals surface area contributed by atoms with Gasteiger partial charge in [-0.2, -0.15) is 4.98 Å². The number of anilines is 1. The molecule has 7 nitrogen and oxygen atoms in total. The Morgan fingerprint density at radius 3 is 2.83 bits per heavy atom. The predicted molar refractivity (Wildman–Crippen MR) is 115 cm³/mol. The molecule has 0 unspecified atom stereocenters. The second kappa shape index (κ2) is 9.49. The van der Waals surface area contributed by atoms with Crippen molar-refractivity contribution in [3.05, 3.63) is 64.5 Å². The first kappa shape index (κ1) is 20.8. The topological polar surface area (TPSA) is 89.3 Å². The molecule has 9 heteroatoms. The third-order valence-corrected chi connectivity index (χ3v) is 4.55. The molecule has 150 valence electrons. The van der Waals surface area contributed by atoms with E-state index in [0.29, 0.717) is 27.5 Å². The van der Waals surface area contributed by atoms with E-state index in [1.807, 2.05) is 31.2 Å². The summed E-state index contributed by atoms with van der Waals surface area (Å²) in [6.07, 6.45) is 0. The van der Waals surface area contributed by atoms with Gasteiger partial charge < -0.3 is 19.9 Å². The van der Waals surface area contributed by atoms with Gasteiger partial charge in [-0.25, -0.2) is 4.79 Å². The number of aryl methyl sites for hydroxylation is 1. The minimum atomic E-state index is -0.491. The number of nitrogens with one attached hydrogen (secondary N) is 2. The smallest absolute Gasteiger partial charge is 0.339 e. The molecule has 0 aliphatic heterocycles. The Labute approximate surface area is 178 Å². The van der Waals surface area contributed by atoms with Crippen molar-refractivity contribution in [3.8, 4) is 11.4 Å². The van der Waals surface area contributed by atoms with Gasteiger partial charge in [-0.3, -0.25) is 0 Å². The average Bonchev–Trinajstić information content (AvgIpc) is 3.17. The van der Waals surface area contributed by atoms with Gasteiger partial charge in [0.25, 0.3) is 0 Å². The maximum Gasteiger partial charge on any atom is 0.339 e. The van der Waals surface area contributed by atoms with Crippen molar-refractivity contribution in [2.45, 2.75) is 20.4 Å². The van der Waals surface area contributed by atoms with Crippen LogP contribution in [0.1, 0.15) is 28.7 Å². The molecule has 2 N–H and O–H groups in total. The van der Waals surface area contributed by atoms with Crippen molar-refractivity contribution < 1.29 is 14.1 Å². The van der Waals surface area contributed by atoms with Crippen molar-refractivity contribution in [2.24, 2.45) is 0 Å². The molecule has 0 saturated carbocycles. The molecule has 29 heavy (non-hydrogen) atoms. The highest BCUT2D eigenvalue weighted by Gasteiger charge is 2.13. The molecule has 0 amide bonds. The van der Waals surface area contributed by atoms with E-state index in [0.717, 1.165) is 11.1 Å². The molecule has 0 spiro atoms. The van der Waals surface area contributed by atoms with Crippen LogP contribution in [0, 0.1) is 6.92 Å². The summed E-state index contributed by atoms with van der Waals surface area (Å²) in [6.45, 7) is 4.23. The Kier molecular flexibility index (Phi) is 6.79. The zero-order chi connectivity index (χ0) is 20.8. The van der Waals surface area contributed by atoms with Gasteiger partial charge in [0, 0.05) is 11.3 Å². The van der Waals surface area contributed by atoms with Crippen molar-refractivity contribution >= 4 is 40.6 Å². The summed E-state index contributed by atoms with van der Waals surface area (Å²) in [5.74, 6) is 0.431. The summed E-state index contributed by atoms with van der Waals surface area (Å²) in [5, 5.41) is 10.6. The molecule has 0 atom stereocenters. The number of nitrogens with zero attached hydrogens (tertiary/aromatic N) is 2. The number of hydrogen-bond donors (Lipinski definition) is 2. The Morgan fingerprint density at radius 1 is 1.28 bits per heavy atom. The zero-order valence-corrected chi connectivity index (χ0v) is 17.4. The number of aromatic nitrogens is 2. The zero-order valence-electron chi connectivity index (χ0n) is 15.9. The maximum atomic E-state index is 11.9. The summed E-state index contributed by atoms with van der Waals surface area (Å²) in [4.78, 5) is 16.3. The Balaban J connectivity index is 1.60. The summed E-state index contributed by atoms with van der Waals surface area (Å²) >= 11 is 11.4. The number of carbonyl (C=O) groups excluding carboxylic acids is 1. The number of halogens is 1. The number of benzene rings is 2. The molecule has 0 fully saturated rings. The number of ether oxygens (including phenoxy) is 1. The lowest BCUT2D eigenvalue weighted by molar-refractivity contribution is 0.0526. The van der Waals surface area contributed by atoms with E-state index in [4.69, 9.17) is 33.1 Å². The van der Waals surface area contributed by atoms with Crippen molar-refractivity contribution in [1.82, 2.24) is 15.5 Å². The maximum absolute atomic E-state index is 11.9. The molecule has 3 rings (SSSR count). The Bertz CT molecular complexity index is 1040. The highest BCUT2D eigenvalue weighted by atomic mass is 35.5. The average molecular weight is 431 g/mol. The van der Waals surface area contributed by atoms with E-state index < -0.39 is 5.97 Å². The second-order valence-corrected chi connectivity index (χ2v) is 6.86. The van der Waals surface area contributed by atoms with Crippen LogP contribution >= 0.6 is 23.8 Å². The molecule has 3 aromatic rings. The van der Waals surface area contributed by atoms with Gasteiger partial charge in [-0.15, -0.1) is 0 Å². The van der Waals surface area contributed by atoms with E-state index in [-0.39, 0.29) is 18.7 Å². The van der Waals surface area contributed by atoms with Gasteiger partial charge in [-0.05, 0) is 49.8 Å². The second-order valence-electron chi connectivity index (χ2n) is 6.05. The first-order valence-corrected chi connectivity index (χ1v) is 9.66. The van der Waals surface area contributed by atoms with Gasteiger partial charge in [0.2, 0.25) is 11.7 Å². The van der Waals surface area contributed by atoms with E-state index in [9.17, 15) is 4.79 Å². The Morgan fingerprint density at radius 2 is 2.07 bits per heavy atom. The van der Waals surface area contributed by atoms with Crippen molar-refractivity contribution in [2.75, 3.05) is 11.9 Å². The number of thiocarbonyl (C=S) groups is 1. The van der Waals surface area contributed by atoms with Gasteiger partial charge in [0.15, 0.2) is 5.11 Å². The molecule has 0 aliphatic carbocycles. The molecule has 0 saturated heterocycles. The van der Waals surface area contributed by atoms with E-state index in [1.165, 1.54) is 0 Å². The normalized spacial score (nSPS) is 10.4. The first-order valence-electron chi connectivity index (χ1n) is 8.88. The third kappa shape index (κ3) is 5.30. The van der Waals surface area contributed by atoms with Crippen LogP contribution in [0.2, 0.25) is 5.02 Å². The van der Waals surface area contributed by atoms with E-state index in [1.54, 1.807) is 25.1 Å².